The molecule has 0 fully saturated rings. The summed E-state index contributed by atoms with van der Waals surface area (Å²) in [5, 5.41) is 8.57. The topological polar surface area (TPSA) is 125 Å². The smallest absolute Gasteiger partial charge is 0.333 e. The van der Waals surface area contributed by atoms with Gasteiger partial charge < -0.3 is 4.52 Å². The summed E-state index contributed by atoms with van der Waals surface area (Å²) in [6.45, 7) is 0. The molecule has 0 bridgehead atoms. The van der Waals surface area contributed by atoms with E-state index in [1.807, 2.05) is 0 Å². The Hall–Kier alpha value is -3.37. The highest BCUT2D eigenvalue weighted by Crippen LogP contribution is 2.35. The minimum absolute atomic E-state index is 0.0399. The second kappa shape index (κ2) is 8.14. The number of sulfonamides is 1. The Morgan fingerprint density at radius 1 is 0.853 bits per heavy atom. The Labute approximate surface area is 190 Å². The number of halogens is 6. The lowest BCUT2D eigenvalue weighted by Crippen LogP contribution is -2.10. The van der Waals surface area contributed by atoms with Crippen molar-refractivity contribution in [2.75, 3.05) is 0 Å². The Balaban J connectivity index is 1.76. The summed E-state index contributed by atoms with van der Waals surface area (Å²) in [6, 6.07) is 6.41. The molecule has 0 unspecified atom stereocenters. The van der Waals surface area contributed by atoms with Crippen LogP contribution in [0.3, 0.4) is 0 Å². The number of rotatable bonds is 4. The van der Waals surface area contributed by atoms with Crippen molar-refractivity contribution in [2.45, 2.75) is 16.6 Å². The van der Waals surface area contributed by atoms with Crippen LogP contribution in [0.1, 0.15) is 11.3 Å². The molecule has 34 heavy (non-hydrogen) atoms. The van der Waals surface area contributed by atoms with E-state index < -0.39 is 45.3 Å². The van der Waals surface area contributed by atoms with Gasteiger partial charge in [-0.05, 0) is 30.3 Å². The van der Waals surface area contributed by atoms with Gasteiger partial charge in [-0.2, -0.15) is 31.3 Å². The number of nitrogens with zero attached hydrogens (tertiary/aromatic N) is 4. The van der Waals surface area contributed by atoms with E-state index in [-0.39, 0.29) is 26.2 Å². The Morgan fingerprint density at radius 3 is 2.09 bits per heavy atom. The predicted octanol–water partition coefficient (Wildman–Crippen LogP) is 4.61. The highest BCUT2D eigenvalue weighted by atomic mass is 32.2. The van der Waals surface area contributed by atoms with Crippen LogP contribution in [0.4, 0.5) is 26.3 Å². The zero-order valence-electron chi connectivity index (χ0n) is 16.2. The molecular formula is C18H9F6N5O3S2. The van der Waals surface area contributed by atoms with E-state index in [1.165, 1.54) is 12.1 Å². The summed E-state index contributed by atoms with van der Waals surface area (Å²) in [5.41, 5.74) is -2.74. The van der Waals surface area contributed by atoms with Crippen molar-refractivity contribution in [1.82, 2.24) is 20.1 Å². The van der Waals surface area contributed by atoms with Gasteiger partial charge in [-0.1, -0.05) is 17.3 Å². The Bertz CT molecular complexity index is 1460. The van der Waals surface area contributed by atoms with E-state index in [9.17, 15) is 34.8 Å². The Kier molecular flexibility index (Phi) is 5.69. The van der Waals surface area contributed by atoms with Gasteiger partial charge in [0.1, 0.15) is 9.90 Å². The van der Waals surface area contributed by atoms with Crippen molar-refractivity contribution < 1.29 is 39.3 Å². The minimum atomic E-state index is -4.91. The SMILES string of the molecule is NS(=O)(=O)c1ccc(-c2nc(-c3nc(-c4ccc(C(F)(F)F)cc4)cc(C(F)(F)F)n3)no2)s1. The number of aromatic nitrogens is 4. The molecule has 1 aromatic carbocycles. The van der Waals surface area contributed by atoms with Crippen molar-refractivity contribution in [3.8, 4) is 33.7 Å². The summed E-state index contributed by atoms with van der Waals surface area (Å²) in [7, 11) is -4.00. The first kappa shape index (κ1) is 23.8. The highest BCUT2D eigenvalue weighted by molar-refractivity contribution is 7.91. The van der Waals surface area contributed by atoms with Crippen LogP contribution in [-0.4, -0.2) is 28.5 Å². The summed E-state index contributed by atoms with van der Waals surface area (Å²) in [6.07, 6.45) is -9.54. The van der Waals surface area contributed by atoms with E-state index in [0.29, 0.717) is 29.5 Å². The molecule has 8 nitrogen and oxygen atoms in total. The first-order valence-corrected chi connectivity index (χ1v) is 11.2. The zero-order valence-corrected chi connectivity index (χ0v) is 17.8. The average molecular weight is 521 g/mol. The maximum atomic E-state index is 13.4. The van der Waals surface area contributed by atoms with Crippen molar-refractivity contribution in [2.24, 2.45) is 5.14 Å². The monoisotopic (exact) mass is 521 g/mol. The number of primary sulfonamides is 1. The third kappa shape index (κ3) is 4.92. The lowest BCUT2D eigenvalue weighted by Gasteiger charge is -2.10. The van der Waals surface area contributed by atoms with Crippen LogP contribution < -0.4 is 5.14 Å². The number of thiophene rings is 1. The van der Waals surface area contributed by atoms with Crippen LogP contribution in [-0.2, 0) is 22.4 Å². The fraction of sp³-hybridized carbons (Fsp3) is 0.111. The van der Waals surface area contributed by atoms with E-state index in [0.717, 1.165) is 12.1 Å². The predicted molar refractivity (Wildman–Crippen MR) is 105 cm³/mol. The molecule has 0 aliphatic rings. The molecule has 2 N–H and O–H groups in total. The van der Waals surface area contributed by atoms with E-state index >= 15 is 0 Å². The van der Waals surface area contributed by atoms with Crippen molar-refractivity contribution in [1.29, 1.82) is 0 Å². The summed E-state index contributed by atoms with van der Waals surface area (Å²) >= 11 is 0.690. The molecule has 0 aliphatic carbocycles. The van der Waals surface area contributed by atoms with Gasteiger partial charge in [0.15, 0.2) is 0 Å². The van der Waals surface area contributed by atoms with Gasteiger partial charge in [0.25, 0.3) is 5.89 Å². The first-order valence-electron chi connectivity index (χ1n) is 8.83. The maximum Gasteiger partial charge on any atom is 0.433 e. The molecule has 4 aromatic rings. The quantitative estimate of drug-likeness (QED) is 0.389. The van der Waals surface area contributed by atoms with Crippen LogP contribution in [0.5, 0.6) is 0 Å². The molecule has 178 valence electrons. The van der Waals surface area contributed by atoms with Crippen LogP contribution in [0.25, 0.3) is 33.7 Å². The van der Waals surface area contributed by atoms with Gasteiger partial charge in [-0.25, -0.2) is 23.5 Å². The normalized spacial score (nSPS) is 12.8. The Morgan fingerprint density at radius 2 is 1.53 bits per heavy atom. The fourth-order valence-electron chi connectivity index (χ4n) is 2.67. The average Bonchev–Trinajstić information content (AvgIpc) is 3.42. The lowest BCUT2D eigenvalue weighted by molar-refractivity contribution is -0.141. The second-order valence-electron chi connectivity index (χ2n) is 6.62. The van der Waals surface area contributed by atoms with Crippen LogP contribution in [0.15, 0.2) is 51.2 Å². The van der Waals surface area contributed by atoms with Gasteiger partial charge in [-0.3, -0.25) is 0 Å². The first-order chi connectivity index (χ1) is 15.7. The molecule has 0 saturated heterocycles. The molecule has 0 spiro atoms. The second-order valence-corrected chi connectivity index (χ2v) is 9.49. The van der Waals surface area contributed by atoms with E-state index in [4.69, 9.17) is 9.66 Å². The molecule has 0 amide bonds. The molecule has 3 heterocycles. The standard InChI is InChI=1S/C18H9F6N5O3S2/c19-17(20,21)9-3-1-8(2-4-9)10-7-12(18(22,23)24)27-14(26-10)15-28-16(32-29-15)11-5-6-13(33-11)34(25,30)31/h1-7H,(H2,25,30,31). The third-order valence-electron chi connectivity index (χ3n) is 4.22. The van der Waals surface area contributed by atoms with Gasteiger partial charge in [-0.15, -0.1) is 11.3 Å². The summed E-state index contributed by atoms with van der Waals surface area (Å²) in [4.78, 5) is 11.4. The van der Waals surface area contributed by atoms with Crippen molar-refractivity contribution >= 4 is 21.4 Å². The molecule has 3 aromatic heterocycles. The van der Waals surface area contributed by atoms with Crippen LogP contribution in [0, 0.1) is 0 Å². The number of hydrogen-bond acceptors (Lipinski definition) is 8. The van der Waals surface area contributed by atoms with Gasteiger partial charge >= 0.3 is 12.4 Å². The van der Waals surface area contributed by atoms with Gasteiger partial charge in [0, 0.05) is 5.56 Å². The maximum absolute atomic E-state index is 13.4. The van der Waals surface area contributed by atoms with Crippen molar-refractivity contribution in [3.63, 3.8) is 0 Å². The molecule has 0 saturated carbocycles. The molecule has 4 rings (SSSR count). The number of benzene rings is 1. The lowest BCUT2D eigenvalue weighted by atomic mass is 10.1. The van der Waals surface area contributed by atoms with Crippen molar-refractivity contribution in [3.05, 3.63) is 53.7 Å². The van der Waals surface area contributed by atoms with Crippen LogP contribution in [0.2, 0.25) is 0 Å². The number of alkyl halides is 6. The number of nitrogens with two attached hydrogens (primary N) is 1. The molecule has 0 aliphatic heterocycles. The van der Waals surface area contributed by atoms with E-state index in [1.54, 1.807) is 0 Å². The summed E-state index contributed by atoms with van der Waals surface area (Å²) in [5.74, 6) is -1.30. The summed E-state index contributed by atoms with van der Waals surface area (Å²) < 4.78 is 106. The van der Waals surface area contributed by atoms with Gasteiger partial charge in [0.2, 0.25) is 21.7 Å². The molecule has 0 atom stereocenters. The van der Waals surface area contributed by atoms with Gasteiger partial charge in [0.05, 0.1) is 16.1 Å². The zero-order chi connectivity index (χ0) is 24.9. The van der Waals surface area contributed by atoms with Crippen LogP contribution >= 0.6 is 11.3 Å². The minimum Gasteiger partial charge on any atom is -0.333 e. The molecular weight excluding hydrogens is 512 g/mol. The third-order valence-corrected chi connectivity index (χ3v) is 6.73. The fourth-order valence-corrected chi connectivity index (χ4v) is 4.32. The van der Waals surface area contributed by atoms with E-state index in [2.05, 4.69) is 20.1 Å². The highest BCUT2D eigenvalue weighted by Gasteiger charge is 2.35. The molecule has 0 radical (unpaired) electrons. The largest absolute Gasteiger partial charge is 0.433 e. The molecule has 16 heteroatoms. The number of hydrogen-bond donors (Lipinski definition) is 1.